The van der Waals surface area contributed by atoms with E-state index < -0.39 is 0 Å². The van der Waals surface area contributed by atoms with Crippen molar-refractivity contribution < 1.29 is 4.79 Å². The van der Waals surface area contributed by atoms with E-state index in [2.05, 4.69) is 10.3 Å². The first-order valence-electron chi connectivity index (χ1n) is 7.68. The number of rotatable bonds is 4. The SMILES string of the molecule is Cc1cccnc1C(=O)N1CCC(NCC2CC2)CC1.Cl.Cl. The lowest BCUT2D eigenvalue weighted by molar-refractivity contribution is 0.0698. The molecule has 2 heterocycles. The number of aryl methyl sites for hydroxylation is 1. The largest absolute Gasteiger partial charge is 0.337 e. The molecule has 124 valence electrons. The van der Waals surface area contributed by atoms with Crippen molar-refractivity contribution >= 4 is 30.7 Å². The van der Waals surface area contributed by atoms with Gasteiger partial charge in [-0.1, -0.05) is 6.07 Å². The van der Waals surface area contributed by atoms with E-state index >= 15 is 0 Å². The van der Waals surface area contributed by atoms with Crippen LogP contribution in [0.3, 0.4) is 0 Å². The summed E-state index contributed by atoms with van der Waals surface area (Å²) in [5, 5.41) is 3.64. The Morgan fingerprint density at radius 3 is 2.55 bits per heavy atom. The summed E-state index contributed by atoms with van der Waals surface area (Å²) in [7, 11) is 0. The lowest BCUT2D eigenvalue weighted by atomic mass is 10.0. The van der Waals surface area contributed by atoms with Crippen LogP contribution in [0.25, 0.3) is 0 Å². The highest BCUT2D eigenvalue weighted by Gasteiger charge is 2.27. The zero-order valence-electron chi connectivity index (χ0n) is 13.0. The molecule has 0 spiro atoms. The molecule has 3 rings (SSSR count). The Balaban J connectivity index is 0.00000121. The molecule has 4 nitrogen and oxygen atoms in total. The summed E-state index contributed by atoms with van der Waals surface area (Å²) >= 11 is 0. The van der Waals surface area contributed by atoms with Crippen LogP contribution in [0.2, 0.25) is 0 Å². The molecule has 1 aliphatic carbocycles. The second-order valence-electron chi connectivity index (χ2n) is 6.09. The minimum absolute atomic E-state index is 0. The topological polar surface area (TPSA) is 45.2 Å². The molecular weight excluding hydrogens is 321 g/mol. The number of nitrogens with zero attached hydrogens (tertiary/aromatic N) is 2. The van der Waals surface area contributed by atoms with Crippen molar-refractivity contribution in [1.82, 2.24) is 15.2 Å². The number of carbonyl (C=O) groups is 1. The van der Waals surface area contributed by atoms with Gasteiger partial charge in [-0.2, -0.15) is 0 Å². The molecule has 1 saturated carbocycles. The van der Waals surface area contributed by atoms with Gasteiger partial charge in [-0.3, -0.25) is 9.78 Å². The maximum Gasteiger partial charge on any atom is 0.272 e. The highest BCUT2D eigenvalue weighted by molar-refractivity contribution is 5.93. The zero-order valence-corrected chi connectivity index (χ0v) is 14.6. The number of likely N-dealkylation sites (tertiary alicyclic amines) is 1. The summed E-state index contributed by atoms with van der Waals surface area (Å²) in [4.78, 5) is 18.6. The van der Waals surface area contributed by atoms with E-state index in [1.165, 1.54) is 12.8 Å². The van der Waals surface area contributed by atoms with E-state index in [9.17, 15) is 4.79 Å². The van der Waals surface area contributed by atoms with Gasteiger partial charge in [0, 0.05) is 25.3 Å². The van der Waals surface area contributed by atoms with Crippen molar-refractivity contribution in [2.24, 2.45) is 5.92 Å². The molecule has 0 atom stereocenters. The van der Waals surface area contributed by atoms with Gasteiger partial charge in [-0.25, -0.2) is 0 Å². The molecule has 1 aromatic rings. The van der Waals surface area contributed by atoms with Crippen LogP contribution < -0.4 is 5.32 Å². The quantitative estimate of drug-likeness (QED) is 0.912. The van der Waals surface area contributed by atoms with Gasteiger partial charge in [0.25, 0.3) is 5.91 Å². The smallest absolute Gasteiger partial charge is 0.272 e. The van der Waals surface area contributed by atoms with Gasteiger partial charge in [0.15, 0.2) is 0 Å². The maximum atomic E-state index is 12.4. The zero-order chi connectivity index (χ0) is 13.9. The average molecular weight is 346 g/mol. The van der Waals surface area contributed by atoms with Crippen molar-refractivity contribution in [3.8, 4) is 0 Å². The Labute approximate surface area is 144 Å². The van der Waals surface area contributed by atoms with E-state index in [1.807, 2.05) is 24.0 Å². The number of halogens is 2. The number of piperidine rings is 1. The molecule has 1 aliphatic heterocycles. The minimum atomic E-state index is 0. The van der Waals surface area contributed by atoms with E-state index in [0.717, 1.165) is 44.0 Å². The number of hydrogen-bond acceptors (Lipinski definition) is 3. The monoisotopic (exact) mass is 345 g/mol. The summed E-state index contributed by atoms with van der Waals surface area (Å²) in [5.41, 5.74) is 1.57. The van der Waals surface area contributed by atoms with Gasteiger partial charge in [0.1, 0.15) is 5.69 Å². The van der Waals surface area contributed by atoms with Crippen molar-refractivity contribution in [1.29, 1.82) is 0 Å². The molecule has 6 heteroatoms. The van der Waals surface area contributed by atoms with Crippen LogP contribution in [0.15, 0.2) is 18.3 Å². The summed E-state index contributed by atoms with van der Waals surface area (Å²) < 4.78 is 0. The lowest BCUT2D eigenvalue weighted by Gasteiger charge is -2.32. The minimum Gasteiger partial charge on any atom is -0.337 e. The molecule has 1 amide bonds. The highest BCUT2D eigenvalue weighted by Crippen LogP contribution is 2.28. The number of pyridine rings is 1. The first-order chi connectivity index (χ1) is 9.74. The van der Waals surface area contributed by atoms with Gasteiger partial charge < -0.3 is 10.2 Å². The summed E-state index contributed by atoms with van der Waals surface area (Å²) in [6.07, 6.45) is 6.60. The Morgan fingerprint density at radius 1 is 1.27 bits per heavy atom. The normalized spacial score (nSPS) is 18.3. The number of carbonyl (C=O) groups excluding carboxylic acids is 1. The number of hydrogen-bond donors (Lipinski definition) is 1. The van der Waals surface area contributed by atoms with Gasteiger partial charge in [-0.15, -0.1) is 24.8 Å². The second-order valence-corrected chi connectivity index (χ2v) is 6.09. The van der Waals surface area contributed by atoms with Crippen LogP contribution >= 0.6 is 24.8 Å². The molecule has 22 heavy (non-hydrogen) atoms. The Hall–Kier alpha value is -0.840. The molecular formula is C16H25Cl2N3O. The number of aromatic nitrogens is 1. The van der Waals surface area contributed by atoms with Crippen LogP contribution in [0.5, 0.6) is 0 Å². The second kappa shape index (κ2) is 8.70. The molecule has 0 unspecified atom stereocenters. The molecule has 2 aliphatic rings. The molecule has 0 aromatic carbocycles. The Bertz CT molecular complexity index is 486. The van der Waals surface area contributed by atoms with Crippen LogP contribution in [0, 0.1) is 12.8 Å². The van der Waals surface area contributed by atoms with E-state index in [0.29, 0.717) is 11.7 Å². The van der Waals surface area contributed by atoms with Crippen molar-refractivity contribution in [2.45, 2.75) is 38.6 Å². The van der Waals surface area contributed by atoms with Crippen molar-refractivity contribution in [3.05, 3.63) is 29.6 Å². The fraction of sp³-hybridized carbons (Fsp3) is 0.625. The van der Waals surface area contributed by atoms with Crippen LogP contribution in [-0.4, -0.2) is 41.5 Å². The number of nitrogens with one attached hydrogen (secondary N) is 1. The summed E-state index contributed by atoms with van der Waals surface area (Å²) in [6.45, 7) is 4.80. The van der Waals surface area contributed by atoms with Gasteiger partial charge >= 0.3 is 0 Å². The van der Waals surface area contributed by atoms with Crippen molar-refractivity contribution in [2.75, 3.05) is 19.6 Å². The van der Waals surface area contributed by atoms with Gasteiger partial charge in [0.2, 0.25) is 0 Å². The summed E-state index contributed by atoms with van der Waals surface area (Å²) in [5.74, 6) is 1.01. The first-order valence-corrected chi connectivity index (χ1v) is 7.68. The van der Waals surface area contributed by atoms with Crippen LogP contribution in [-0.2, 0) is 0 Å². The average Bonchev–Trinajstić information content (AvgIpc) is 3.30. The third-order valence-electron chi connectivity index (χ3n) is 4.39. The van der Waals surface area contributed by atoms with E-state index in [4.69, 9.17) is 0 Å². The predicted molar refractivity (Wildman–Crippen MR) is 93.1 cm³/mol. The standard InChI is InChI=1S/C16H23N3O.2ClH/c1-12-3-2-8-17-15(12)16(20)19-9-6-14(7-10-19)18-11-13-4-5-13;;/h2-3,8,13-14,18H,4-7,9-11H2,1H3;2*1H. The van der Waals surface area contributed by atoms with E-state index in [-0.39, 0.29) is 30.7 Å². The molecule has 1 N–H and O–H groups in total. The predicted octanol–water partition coefficient (Wildman–Crippen LogP) is 2.84. The Morgan fingerprint density at radius 2 is 1.95 bits per heavy atom. The lowest BCUT2D eigenvalue weighted by Crippen LogP contribution is -2.45. The van der Waals surface area contributed by atoms with Gasteiger partial charge in [0.05, 0.1) is 0 Å². The van der Waals surface area contributed by atoms with Crippen molar-refractivity contribution in [3.63, 3.8) is 0 Å². The fourth-order valence-corrected chi connectivity index (χ4v) is 2.80. The maximum absolute atomic E-state index is 12.4. The molecule has 1 aromatic heterocycles. The molecule has 0 bridgehead atoms. The number of amides is 1. The third-order valence-corrected chi connectivity index (χ3v) is 4.39. The molecule has 0 radical (unpaired) electrons. The van der Waals surface area contributed by atoms with Crippen LogP contribution in [0.4, 0.5) is 0 Å². The summed E-state index contributed by atoms with van der Waals surface area (Å²) in [6, 6.07) is 4.41. The molecule has 1 saturated heterocycles. The van der Waals surface area contributed by atoms with E-state index in [1.54, 1.807) is 6.20 Å². The van der Waals surface area contributed by atoms with Crippen LogP contribution in [0.1, 0.15) is 41.7 Å². The first kappa shape index (κ1) is 19.2. The highest BCUT2D eigenvalue weighted by atomic mass is 35.5. The Kier molecular flexibility index (Phi) is 7.60. The third kappa shape index (κ3) is 4.83. The van der Waals surface area contributed by atoms with Gasteiger partial charge in [-0.05, 0) is 56.7 Å². The fourth-order valence-electron chi connectivity index (χ4n) is 2.80. The molecule has 2 fully saturated rings.